The monoisotopic (exact) mass is 214 g/mol. The van der Waals surface area contributed by atoms with Crippen molar-refractivity contribution in [3.63, 3.8) is 0 Å². The fourth-order valence-electron chi connectivity index (χ4n) is 0.942. The van der Waals surface area contributed by atoms with Crippen LogP contribution in [-0.4, -0.2) is 33.0 Å². The molecule has 0 unspecified atom stereocenters. The summed E-state index contributed by atoms with van der Waals surface area (Å²) in [4.78, 5) is 10.6. The van der Waals surface area contributed by atoms with Crippen LogP contribution >= 0.6 is 11.8 Å². The summed E-state index contributed by atoms with van der Waals surface area (Å²) in [6, 6.07) is 0. The molecule has 78 valence electrons. The Hall–Kier alpha value is -1.04. The first-order chi connectivity index (χ1) is 6.74. The van der Waals surface area contributed by atoms with E-state index in [1.807, 2.05) is 11.5 Å². The Bertz CT molecular complexity index is 299. The van der Waals surface area contributed by atoms with Gasteiger partial charge in [-0.1, -0.05) is 11.8 Å². The Kier molecular flexibility index (Phi) is 4.45. The number of nitrogens with one attached hydrogen (secondary N) is 1. The molecular weight excluding hydrogens is 200 g/mol. The number of carbonyl (C=O) groups excluding carboxylic acids is 1. The molecule has 0 aliphatic carbocycles. The minimum atomic E-state index is 0.00237. The summed E-state index contributed by atoms with van der Waals surface area (Å²) in [5, 5.41) is 11.4. The summed E-state index contributed by atoms with van der Waals surface area (Å²) < 4.78 is 1.97. The van der Waals surface area contributed by atoms with E-state index in [2.05, 4.69) is 15.5 Å². The zero-order valence-corrected chi connectivity index (χ0v) is 9.17. The van der Waals surface area contributed by atoms with Crippen molar-refractivity contribution in [3.8, 4) is 0 Å². The molecule has 0 radical (unpaired) electrons. The molecular formula is C8H14N4OS. The van der Waals surface area contributed by atoms with Crippen LogP contribution in [0, 0.1) is 0 Å². The average Bonchev–Trinajstić information content (AvgIpc) is 2.59. The van der Waals surface area contributed by atoms with Crippen LogP contribution in [0.1, 0.15) is 13.8 Å². The predicted octanol–water partition coefficient (Wildman–Crippen LogP) is 0.526. The first-order valence-electron chi connectivity index (χ1n) is 4.49. The maximum atomic E-state index is 10.6. The lowest BCUT2D eigenvalue weighted by atomic mass is 10.6. The SMILES string of the molecule is CCn1cnnc1SCCNC(C)=O. The van der Waals surface area contributed by atoms with E-state index in [4.69, 9.17) is 0 Å². The maximum absolute atomic E-state index is 10.6. The van der Waals surface area contributed by atoms with E-state index < -0.39 is 0 Å². The third-order valence-electron chi connectivity index (χ3n) is 1.63. The summed E-state index contributed by atoms with van der Waals surface area (Å²) in [6.45, 7) is 5.09. The number of amides is 1. The van der Waals surface area contributed by atoms with Gasteiger partial charge >= 0.3 is 0 Å². The normalized spacial score (nSPS) is 10.1. The minimum Gasteiger partial charge on any atom is -0.356 e. The lowest BCUT2D eigenvalue weighted by Crippen LogP contribution is -2.22. The van der Waals surface area contributed by atoms with Crippen molar-refractivity contribution in [1.29, 1.82) is 0 Å². The van der Waals surface area contributed by atoms with Crippen LogP contribution in [0.2, 0.25) is 0 Å². The molecule has 1 rings (SSSR count). The molecule has 0 spiro atoms. The molecule has 1 heterocycles. The second-order valence-corrected chi connectivity index (χ2v) is 3.79. The molecule has 6 heteroatoms. The summed E-state index contributed by atoms with van der Waals surface area (Å²) >= 11 is 1.59. The van der Waals surface area contributed by atoms with Gasteiger partial charge in [-0.3, -0.25) is 4.79 Å². The van der Waals surface area contributed by atoms with Gasteiger partial charge in [0, 0.05) is 25.8 Å². The molecule has 1 aromatic heterocycles. The average molecular weight is 214 g/mol. The van der Waals surface area contributed by atoms with E-state index in [9.17, 15) is 4.79 Å². The van der Waals surface area contributed by atoms with E-state index in [0.29, 0.717) is 6.54 Å². The van der Waals surface area contributed by atoms with Crippen molar-refractivity contribution in [2.45, 2.75) is 25.5 Å². The molecule has 5 nitrogen and oxygen atoms in total. The predicted molar refractivity (Wildman–Crippen MR) is 55.1 cm³/mol. The molecule has 0 saturated carbocycles. The highest BCUT2D eigenvalue weighted by Gasteiger charge is 2.02. The largest absolute Gasteiger partial charge is 0.356 e. The zero-order chi connectivity index (χ0) is 10.4. The lowest BCUT2D eigenvalue weighted by molar-refractivity contribution is -0.118. The van der Waals surface area contributed by atoms with Crippen LogP contribution in [0.15, 0.2) is 11.5 Å². The van der Waals surface area contributed by atoms with Crippen LogP contribution in [0.4, 0.5) is 0 Å². The second kappa shape index (κ2) is 5.64. The fraction of sp³-hybridized carbons (Fsp3) is 0.625. The van der Waals surface area contributed by atoms with Crippen LogP contribution in [0.25, 0.3) is 0 Å². The van der Waals surface area contributed by atoms with Gasteiger partial charge in [-0.05, 0) is 6.92 Å². The molecule has 0 aromatic carbocycles. The van der Waals surface area contributed by atoms with Crippen LogP contribution in [0.3, 0.4) is 0 Å². The number of hydrogen-bond acceptors (Lipinski definition) is 4. The third-order valence-corrected chi connectivity index (χ3v) is 2.61. The number of nitrogens with zero attached hydrogens (tertiary/aromatic N) is 3. The van der Waals surface area contributed by atoms with Crippen LogP contribution < -0.4 is 5.32 Å². The van der Waals surface area contributed by atoms with E-state index in [0.717, 1.165) is 17.5 Å². The highest BCUT2D eigenvalue weighted by molar-refractivity contribution is 7.99. The lowest BCUT2D eigenvalue weighted by Gasteiger charge is -2.02. The van der Waals surface area contributed by atoms with Gasteiger partial charge in [0.15, 0.2) is 5.16 Å². The highest BCUT2D eigenvalue weighted by Crippen LogP contribution is 2.13. The summed E-state index contributed by atoms with van der Waals surface area (Å²) in [5.41, 5.74) is 0. The minimum absolute atomic E-state index is 0.00237. The maximum Gasteiger partial charge on any atom is 0.216 e. The number of aryl methyl sites for hydroxylation is 1. The first-order valence-corrected chi connectivity index (χ1v) is 5.47. The molecule has 0 atom stereocenters. The van der Waals surface area contributed by atoms with Crippen molar-refractivity contribution in [3.05, 3.63) is 6.33 Å². The molecule has 1 aromatic rings. The van der Waals surface area contributed by atoms with Gasteiger partial charge in [0.05, 0.1) is 0 Å². The van der Waals surface area contributed by atoms with Gasteiger partial charge in [0.25, 0.3) is 0 Å². The molecule has 1 N–H and O–H groups in total. The van der Waals surface area contributed by atoms with Gasteiger partial charge in [0.2, 0.25) is 5.91 Å². The third kappa shape index (κ3) is 3.37. The fourth-order valence-corrected chi connectivity index (χ4v) is 1.78. The molecule has 0 aliphatic rings. The molecule has 14 heavy (non-hydrogen) atoms. The molecule has 0 aliphatic heterocycles. The Morgan fingerprint density at radius 2 is 2.50 bits per heavy atom. The Morgan fingerprint density at radius 1 is 1.71 bits per heavy atom. The number of rotatable bonds is 5. The second-order valence-electron chi connectivity index (χ2n) is 2.73. The standard InChI is InChI=1S/C8H14N4OS/c1-3-12-6-10-11-8(12)14-5-4-9-7(2)13/h6H,3-5H2,1-2H3,(H,9,13). The number of carbonyl (C=O) groups is 1. The Morgan fingerprint density at radius 3 is 3.14 bits per heavy atom. The van der Waals surface area contributed by atoms with Crippen molar-refractivity contribution in [1.82, 2.24) is 20.1 Å². The van der Waals surface area contributed by atoms with Crippen LogP contribution in [0.5, 0.6) is 0 Å². The Labute approximate surface area is 87.3 Å². The van der Waals surface area contributed by atoms with Crippen molar-refractivity contribution >= 4 is 17.7 Å². The van der Waals surface area contributed by atoms with Crippen molar-refractivity contribution in [2.75, 3.05) is 12.3 Å². The number of hydrogen-bond donors (Lipinski definition) is 1. The smallest absolute Gasteiger partial charge is 0.216 e. The van der Waals surface area contributed by atoms with Gasteiger partial charge < -0.3 is 9.88 Å². The van der Waals surface area contributed by atoms with E-state index in [-0.39, 0.29) is 5.91 Å². The summed E-state index contributed by atoms with van der Waals surface area (Å²) in [5.74, 6) is 0.820. The van der Waals surface area contributed by atoms with Gasteiger partial charge in [-0.25, -0.2) is 0 Å². The topological polar surface area (TPSA) is 59.8 Å². The molecule has 0 bridgehead atoms. The van der Waals surface area contributed by atoms with Gasteiger partial charge in [-0.2, -0.15) is 0 Å². The van der Waals surface area contributed by atoms with E-state index in [1.165, 1.54) is 6.92 Å². The number of aromatic nitrogens is 3. The molecule has 1 amide bonds. The molecule has 0 fully saturated rings. The van der Waals surface area contributed by atoms with Crippen molar-refractivity contribution < 1.29 is 4.79 Å². The van der Waals surface area contributed by atoms with E-state index in [1.54, 1.807) is 18.1 Å². The van der Waals surface area contributed by atoms with Crippen molar-refractivity contribution in [2.24, 2.45) is 0 Å². The molecule has 0 saturated heterocycles. The van der Waals surface area contributed by atoms with Gasteiger partial charge in [-0.15, -0.1) is 10.2 Å². The highest BCUT2D eigenvalue weighted by atomic mass is 32.2. The Balaban J connectivity index is 2.27. The van der Waals surface area contributed by atoms with Gasteiger partial charge in [0.1, 0.15) is 6.33 Å². The first kappa shape index (κ1) is 11.0. The van der Waals surface area contributed by atoms with E-state index >= 15 is 0 Å². The quantitative estimate of drug-likeness (QED) is 0.573. The zero-order valence-electron chi connectivity index (χ0n) is 8.36. The summed E-state index contributed by atoms with van der Waals surface area (Å²) in [7, 11) is 0. The number of thioether (sulfide) groups is 1. The van der Waals surface area contributed by atoms with Crippen LogP contribution in [-0.2, 0) is 11.3 Å². The summed E-state index contributed by atoms with van der Waals surface area (Å²) in [6.07, 6.45) is 1.71.